The SMILES string of the molecule is CCC1CN2CCCC2CN1CCc1csc(C)n1. The average Bonchev–Trinajstić information content (AvgIpc) is 3.03. The van der Waals surface area contributed by atoms with Gasteiger partial charge in [-0.25, -0.2) is 4.98 Å². The molecule has 2 saturated heterocycles. The second kappa shape index (κ2) is 5.90. The van der Waals surface area contributed by atoms with Crippen LogP contribution in [0.15, 0.2) is 5.38 Å². The van der Waals surface area contributed by atoms with Crippen LogP contribution in [-0.2, 0) is 6.42 Å². The van der Waals surface area contributed by atoms with Gasteiger partial charge in [0.05, 0.1) is 10.7 Å². The van der Waals surface area contributed by atoms with Gasteiger partial charge in [-0.3, -0.25) is 9.80 Å². The quantitative estimate of drug-likeness (QED) is 0.844. The lowest BCUT2D eigenvalue weighted by Crippen LogP contribution is -2.56. The molecule has 0 amide bonds. The molecule has 0 bridgehead atoms. The van der Waals surface area contributed by atoms with Crippen LogP contribution >= 0.6 is 11.3 Å². The molecule has 3 rings (SSSR count). The number of rotatable bonds is 4. The highest BCUT2D eigenvalue weighted by Crippen LogP contribution is 2.26. The van der Waals surface area contributed by atoms with Crippen LogP contribution in [0.4, 0.5) is 0 Å². The largest absolute Gasteiger partial charge is 0.298 e. The fraction of sp³-hybridized carbons (Fsp3) is 0.800. The molecule has 0 saturated carbocycles. The second-order valence-electron chi connectivity index (χ2n) is 5.96. The van der Waals surface area contributed by atoms with E-state index in [1.165, 1.54) is 56.1 Å². The highest BCUT2D eigenvalue weighted by molar-refractivity contribution is 7.09. The first-order chi connectivity index (χ1) is 9.26. The Morgan fingerprint density at radius 2 is 2.32 bits per heavy atom. The second-order valence-corrected chi connectivity index (χ2v) is 7.02. The lowest BCUT2D eigenvalue weighted by molar-refractivity contribution is 0.0500. The van der Waals surface area contributed by atoms with Gasteiger partial charge in [-0.2, -0.15) is 0 Å². The molecule has 2 aliphatic heterocycles. The molecule has 0 spiro atoms. The summed E-state index contributed by atoms with van der Waals surface area (Å²) >= 11 is 1.78. The molecule has 4 heteroatoms. The molecule has 0 aliphatic carbocycles. The van der Waals surface area contributed by atoms with Gasteiger partial charge in [0.1, 0.15) is 0 Å². The molecular weight excluding hydrogens is 254 g/mol. The molecule has 3 heterocycles. The molecule has 2 aliphatic rings. The highest BCUT2D eigenvalue weighted by Gasteiger charge is 2.35. The number of aryl methyl sites for hydroxylation is 1. The van der Waals surface area contributed by atoms with Crippen molar-refractivity contribution in [1.82, 2.24) is 14.8 Å². The third kappa shape index (κ3) is 3.01. The molecule has 2 fully saturated rings. The maximum atomic E-state index is 4.59. The Balaban J connectivity index is 1.58. The monoisotopic (exact) mass is 279 g/mol. The predicted octanol–water partition coefficient (Wildman–Crippen LogP) is 2.55. The van der Waals surface area contributed by atoms with Crippen molar-refractivity contribution in [2.45, 2.75) is 51.6 Å². The zero-order valence-electron chi connectivity index (χ0n) is 12.1. The summed E-state index contributed by atoms with van der Waals surface area (Å²) in [5.41, 5.74) is 1.28. The molecule has 1 aromatic heterocycles. The van der Waals surface area contributed by atoms with E-state index in [0.717, 1.165) is 18.5 Å². The van der Waals surface area contributed by atoms with E-state index in [1.54, 1.807) is 11.3 Å². The molecule has 0 aromatic carbocycles. The van der Waals surface area contributed by atoms with Crippen LogP contribution in [0.3, 0.4) is 0 Å². The third-order valence-corrected chi connectivity index (χ3v) is 5.52. The Hall–Kier alpha value is -0.450. The van der Waals surface area contributed by atoms with Crippen molar-refractivity contribution in [1.29, 1.82) is 0 Å². The molecule has 19 heavy (non-hydrogen) atoms. The van der Waals surface area contributed by atoms with E-state index < -0.39 is 0 Å². The summed E-state index contributed by atoms with van der Waals surface area (Å²) in [5, 5.41) is 3.42. The summed E-state index contributed by atoms with van der Waals surface area (Å²) in [5.74, 6) is 0. The first-order valence-electron chi connectivity index (χ1n) is 7.65. The van der Waals surface area contributed by atoms with Gasteiger partial charge in [-0.1, -0.05) is 6.92 Å². The van der Waals surface area contributed by atoms with E-state index in [2.05, 4.69) is 34.0 Å². The number of fused-ring (bicyclic) bond motifs is 1. The van der Waals surface area contributed by atoms with Gasteiger partial charge in [-0.15, -0.1) is 11.3 Å². The summed E-state index contributed by atoms with van der Waals surface area (Å²) in [7, 11) is 0. The maximum Gasteiger partial charge on any atom is 0.0897 e. The molecule has 1 aromatic rings. The van der Waals surface area contributed by atoms with E-state index in [-0.39, 0.29) is 0 Å². The smallest absolute Gasteiger partial charge is 0.0897 e. The van der Waals surface area contributed by atoms with Gasteiger partial charge in [0.15, 0.2) is 0 Å². The van der Waals surface area contributed by atoms with Crippen molar-refractivity contribution in [2.75, 3.05) is 26.2 Å². The van der Waals surface area contributed by atoms with Crippen LogP contribution in [0, 0.1) is 6.92 Å². The summed E-state index contributed by atoms with van der Waals surface area (Å²) in [6.07, 6.45) is 5.20. The number of nitrogens with zero attached hydrogens (tertiary/aromatic N) is 3. The van der Waals surface area contributed by atoms with E-state index in [0.29, 0.717) is 0 Å². The molecular formula is C15H25N3S. The molecule has 0 radical (unpaired) electrons. The van der Waals surface area contributed by atoms with Crippen molar-refractivity contribution in [3.05, 3.63) is 16.1 Å². The van der Waals surface area contributed by atoms with Gasteiger partial charge in [0, 0.05) is 43.5 Å². The summed E-state index contributed by atoms with van der Waals surface area (Å²) < 4.78 is 0. The number of aromatic nitrogens is 1. The minimum absolute atomic E-state index is 0.758. The van der Waals surface area contributed by atoms with E-state index >= 15 is 0 Å². The Bertz CT molecular complexity index is 417. The minimum Gasteiger partial charge on any atom is -0.298 e. The topological polar surface area (TPSA) is 19.4 Å². The Labute approximate surface area is 120 Å². The summed E-state index contributed by atoms with van der Waals surface area (Å²) in [6, 6.07) is 1.59. The van der Waals surface area contributed by atoms with E-state index in [9.17, 15) is 0 Å². The fourth-order valence-electron chi connectivity index (χ4n) is 3.59. The Morgan fingerprint density at radius 3 is 3.05 bits per heavy atom. The van der Waals surface area contributed by atoms with Gasteiger partial charge >= 0.3 is 0 Å². The van der Waals surface area contributed by atoms with E-state index in [4.69, 9.17) is 0 Å². The van der Waals surface area contributed by atoms with Gasteiger partial charge in [0.2, 0.25) is 0 Å². The molecule has 2 atom stereocenters. The minimum atomic E-state index is 0.758. The van der Waals surface area contributed by atoms with Crippen molar-refractivity contribution < 1.29 is 0 Å². The van der Waals surface area contributed by atoms with E-state index in [1.807, 2.05) is 0 Å². The van der Waals surface area contributed by atoms with Crippen LogP contribution in [0.1, 0.15) is 36.9 Å². The van der Waals surface area contributed by atoms with Gasteiger partial charge < -0.3 is 0 Å². The number of hydrogen-bond acceptors (Lipinski definition) is 4. The fourth-order valence-corrected chi connectivity index (χ4v) is 4.24. The zero-order valence-corrected chi connectivity index (χ0v) is 13.0. The first-order valence-corrected chi connectivity index (χ1v) is 8.53. The number of thiazole rings is 1. The number of hydrogen-bond donors (Lipinski definition) is 0. The van der Waals surface area contributed by atoms with Crippen LogP contribution in [0.25, 0.3) is 0 Å². The third-order valence-electron chi connectivity index (χ3n) is 4.70. The molecule has 2 unspecified atom stereocenters. The Kier molecular flexibility index (Phi) is 4.20. The standard InChI is InChI=1S/C15H25N3S/c1-3-14-9-17-7-4-5-15(17)10-18(14)8-6-13-11-19-12(2)16-13/h11,14-15H,3-10H2,1-2H3. The van der Waals surface area contributed by atoms with Crippen molar-refractivity contribution in [3.63, 3.8) is 0 Å². The van der Waals surface area contributed by atoms with Crippen molar-refractivity contribution in [3.8, 4) is 0 Å². The van der Waals surface area contributed by atoms with Gasteiger partial charge in [-0.05, 0) is 32.7 Å². The van der Waals surface area contributed by atoms with Crippen LogP contribution < -0.4 is 0 Å². The summed E-state index contributed by atoms with van der Waals surface area (Å²) in [4.78, 5) is 10.0. The lowest BCUT2D eigenvalue weighted by Gasteiger charge is -2.43. The molecule has 106 valence electrons. The van der Waals surface area contributed by atoms with Crippen LogP contribution in [0.5, 0.6) is 0 Å². The lowest BCUT2D eigenvalue weighted by atomic mass is 10.0. The van der Waals surface area contributed by atoms with Crippen molar-refractivity contribution >= 4 is 11.3 Å². The van der Waals surface area contributed by atoms with Crippen molar-refractivity contribution in [2.24, 2.45) is 0 Å². The Morgan fingerprint density at radius 1 is 1.42 bits per heavy atom. The first kappa shape index (κ1) is 13.5. The number of piperazine rings is 1. The van der Waals surface area contributed by atoms with Crippen LogP contribution in [-0.4, -0.2) is 53.0 Å². The summed E-state index contributed by atoms with van der Waals surface area (Å²) in [6.45, 7) is 9.52. The zero-order chi connectivity index (χ0) is 13.2. The highest BCUT2D eigenvalue weighted by atomic mass is 32.1. The normalized spacial score (nSPS) is 28.7. The molecule has 0 N–H and O–H groups in total. The molecule has 3 nitrogen and oxygen atoms in total. The van der Waals surface area contributed by atoms with Crippen LogP contribution in [0.2, 0.25) is 0 Å². The predicted molar refractivity (Wildman–Crippen MR) is 80.8 cm³/mol. The average molecular weight is 279 g/mol. The van der Waals surface area contributed by atoms with Gasteiger partial charge in [0.25, 0.3) is 0 Å². The maximum absolute atomic E-state index is 4.59.